The molecule has 1 nitrogen and oxygen atoms in total. The number of hydrogen-bond acceptors (Lipinski definition) is 1. The topological polar surface area (TPSA) is 9.23 Å². The highest BCUT2D eigenvalue weighted by molar-refractivity contribution is 5.04. The van der Waals surface area contributed by atoms with Crippen LogP contribution < -0.4 is 0 Å². The zero-order valence-electron chi connectivity index (χ0n) is 8.59. The van der Waals surface area contributed by atoms with Gasteiger partial charge in [0, 0.05) is 6.61 Å². The molecule has 4 unspecified atom stereocenters. The Balaban J connectivity index is 1.85. The maximum absolute atomic E-state index is 6.04. The summed E-state index contributed by atoms with van der Waals surface area (Å²) in [6.07, 6.45) is 8.69. The van der Waals surface area contributed by atoms with Gasteiger partial charge in [-0.1, -0.05) is 6.42 Å². The molecule has 0 amide bonds. The standard InChI is InChI=1S/C12H20O/c1-2-13-12-6-9-3-4-10(7-12)11(5-9)8-12/h9-11H,2-8H2,1H3. The molecular weight excluding hydrogens is 160 g/mol. The summed E-state index contributed by atoms with van der Waals surface area (Å²) >= 11 is 0. The van der Waals surface area contributed by atoms with Crippen LogP contribution in [-0.4, -0.2) is 12.2 Å². The van der Waals surface area contributed by atoms with Gasteiger partial charge in [0.15, 0.2) is 0 Å². The summed E-state index contributed by atoms with van der Waals surface area (Å²) in [7, 11) is 0. The van der Waals surface area contributed by atoms with Gasteiger partial charge in [0.2, 0.25) is 0 Å². The number of hydrogen-bond donors (Lipinski definition) is 0. The summed E-state index contributed by atoms with van der Waals surface area (Å²) in [5.74, 6) is 3.09. The molecule has 3 aliphatic carbocycles. The molecule has 0 aromatic heterocycles. The molecule has 0 aliphatic heterocycles. The predicted molar refractivity (Wildman–Crippen MR) is 52.5 cm³/mol. The zero-order chi connectivity index (χ0) is 8.89. The predicted octanol–water partition coefficient (Wildman–Crippen LogP) is 2.99. The zero-order valence-corrected chi connectivity index (χ0v) is 8.59. The molecule has 3 rings (SSSR count). The smallest absolute Gasteiger partial charge is 0.0690 e. The van der Waals surface area contributed by atoms with Crippen molar-refractivity contribution in [1.29, 1.82) is 0 Å². The van der Waals surface area contributed by atoms with Crippen LogP contribution in [-0.2, 0) is 4.74 Å². The highest BCUT2D eigenvalue weighted by Gasteiger charge is 2.53. The van der Waals surface area contributed by atoms with Crippen molar-refractivity contribution in [2.75, 3.05) is 6.61 Å². The van der Waals surface area contributed by atoms with Gasteiger partial charge in [-0.2, -0.15) is 0 Å². The average Bonchev–Trinajstić information content (AvgIpc) is 2.25. The van der Waals surface area contributed by atoms with Gasteiger partial charge in [0.05, 0.1) is 5.60 Å². The molecule has 3 bridgehead atoms. The van der Waals surface area contributed by atoms with Crippen LogP contribution in [0.2, 0.25) is 0 Å². The Morgan fingerprint density at radius 1 is 1.15 bits per heavy atom. The van der Waals surface area contributed by atoms with Crippen LogP contribution in [0.3, 0.4) is 0 Å². The maximum Gasteiger partial charge on any atom is 0.0690 e. The molecule has 3 aliphatic rings. The molecular formula is C12H20O. The lowest BCUT2D eigenvalue weighted by Gasteiger charge is -2.39. The molecule has 0 saturated heterocycles. The maximum atomic E-state index is 6.04. The van der Waals surface area contributed by atoms with E-state index in [1.54, 1.807) is 0 Å². The van der Waals surface area contributed by atoms with Gasteiger partial charge in [0.1, 0.15) is 0 Å². The summed E-state index contributed by atoms with van der Waals surface area (Å²) in [6.45, 7) is 3.07. The largest absolute Gasteiger partial charge is 0.375 e. The lowest BCUT2D eigenvalue weighted by molar-refractivity contribution is -0.0659. The van der Waals surface area contributed by atoms with Crippen LogP contribution in [0.4, 0.5) is 0 Å². The highest BCUT2D eigenvalue weighted by Crippen LogP contribution is 2.58. The second-order valence-corrected chi connectivity index (χ2v) is 5.43. The Labute approximate surface area is 80.8 Å². The lowest BCUT2D eigenvalue weighted by atomic mass is 9.71. The fourth-order valence-electron chi connectivity index (χ4n) is 4.34. The summed E-state index contributed by atoms with van der Waals surface area (Å²) in [5, 5.41) is 0. The van der Waals surface area contributed by atoms with Gasteiger partial charge < -0.3 is 4.74 Å². The monoisotopic (exact) mass is 180 g/mol. The average molecular weight is 180 g/mol. The number of rotatable bonds is 2. The van der Waals surface area contributed by atoms with Crippen LogP contribution in [0, 0.1) is 17.8 Å². The van der Waals surface area contributed by atoms with Gasteiger partial charge in [-0.15, -0.1) is 0 Å². The number of ether oxygens (including phenoxy) is 1. The van der Waals surface area contributed by atoms with E-state index < -0.39 is 0 Å². The first kappa shape index (κ1) is 8.28. The SMILES string of the molecule is CCOC12CC3CCC(C1)C(C3)C2. The summed E-state index contributed by atoms with van der Waals surface area (Å²) in [4.78, 5) is 0. The van der Waals surface area contributed by atoms with Crippen molar-refractivity contribution in [3.05, 3.63) is 0 Å². The second kappa shape index (κ2) is 2.73. The first-order chi connectivity index (χ1) is 6.31. The van der Waals surface area contributed by atoms with E-state index in [-0.39, 0.29) is 0 Å². The van der Waals surface area contributed by atoms with Crippen molar-refractivity contribution in [1.82, 2.24) is 0 Å². The Kier molecular flexibility index (Phi) is 1.74. The van der Waals surface area contributed by atoms with E-state index >= 15 is 0 Å². The highest BCUT2D eigenvalue weighted by atomic mass is 16.5. The minimum atomic E-state index is 0.351. The Morgan fingerprint density at radius 3 is 2.85 bits per heavy atom. The van der Waals surface area contributed by atoms with Crippen LogP contribution in [0.15, 0.2) is 0 Å². The summed E-state index contributed by atoms with van der Waals surface area (Å²) in [6, 6.07) is 0. The van der Waals surface area contributed by atoms with Gasteiger partial charge in [-0.3, -0.25) is 0 Å². The van der Waals surface area contributed by atoms with Crippen LogP contribution in [0.1, 0.15) is 45.4 Å². The molecule has 0 heterocycles. The normalized spacial score (nSPS) is 52.8. The Hall–Kier alpha value is -0.0400. The van der Waals surface area contributed by atoms with Crippen molar-refractivity contribution in [3.63, 3.8) is 0 Å². The fraction of sp³-hybridized carbons (Fsp3) is 1.00. The van der Waals surface area contributed by atoms with Crippen LogP contribution in [0.25, 0.3) is 0 Å². The molecule has 3 fully saturated rings. The molecule has 0 aromatic carbocycles. The third kappa shape index (κ3) is 1.16. The van der Waals surface area contributed by atoms with Gasteiger partial charge >= 0.3 is 0 Å². The van der Waals surface area contributed by atoms with Crippen LogP contribution >= 0.6 is 0 Å². The van der Waals surface area contributed by atoms with Crippen molar-refractivity contribution in [3.8, 4) is 0 Å². The number of fused-ring (bicyclic) bond motifs is 2. The molecule has 3 saturated carbocycles. The van der Waals surface area contributed by atoms with E-state index in [2.05, 4.69) is 6.92 Å². The third-order valence-electron chi connectivity index (χ3n) is 4.63. The molecule has 0 radical (unpaired) electrons. The molecule has 0 aromatic rings. The molecule has 1 heteroatoms. The summed E-state index contributed by atoms with van der Waals surface area (Å²) in [5.41, 5.74) is 0.351. The van der Waals surface area contributed by atoms with E-state index in [0.29, 0.717) is 5.60 Å². The van der Waals surface area contributed by atoms with E-state index in [1.807, 2.05) is 0 Å². The quantitative estimate of drug-likeness (QED) is 0.634. The Morgan fingerprint density at radius 2 is 2.00 bits per heavy atom. The van der Waals surface area contributed by atoms with Gasteiger partial charge in [-0.25, -0.2) is 0 Å². The molecule has 4 atom stereocenters. The fourth-order valence-corrected chi connectivity index (χ4v) is 4.34. The first-order valence-corrected chi connectivity index (χ1v) is 5.95. The van der Waals surface area contributed by atoms with Crippen molar-refractivity contribution in [2.45, 2.75) is 51.0 Å². The summed E-state index contributed by atoms with van der Waals surface area (Å²) < 4.78 is 6.04. The van der Waals surface area contributed by atoms with E-state index in [0.717, 1.165) is 24.4 Å². The van der Waals surface area contributed by atoms with Gasteiger partial charge in [-0.05, 0) is 56.8 Å². The van der Waals surface area contributed by atoms with Gasteiger partial charge in [0.25, 0.3) is 0 Å². The minimum absolute atomic E-state index is 0.351. The minimum Gasteiger partial charge on any atom is -0.375 e. The Bertz CT molecular complexity index is 209. The van der Waals surface area contributed by atoms with Crippen molar-refractivity contribution < 1.29 is 4.74 Å². The molecule has 74 valence electrons. The van der Waals surface area contributed by atoms with E-state index in [4.69, 9.17) is 4.74 Å². The molecule has 0 N–H and O–H groups in total. The lowest BCUT2D eigenvalue weighted by Crippen LogP contribution is -2.36. The second-order valence-electron chi connectivity index (χ2n) is 5.43. The van der Waals surface area contributed by atoms with Crippen molar-refractivity contribution in [2.24, 2.45) is 17.8 Å². The van der Waals surface area contributed by atoms with Crippen molar-refractivity contribution >= 4 is 0 Å². The molecule has 0 spiro atoms. The molecule has 13 heavy (non-hydrogen) atoms. The van der Waals surface area contributed by atoms with E-state index in [9.17, 15) is 0 Å². The van der Waals surface area contributed by atoms with E-state index in [1.165, 1.54) is 38.5 Å². The first-order valence-electron chi connectivity index (χ1n) is 5.95. The van der Waals surface area contributed by atoms with Crippen LogP contribution in [0.5, 0.6) is 0 Å². The third-order valence-corrected chi connectivity index (χ3v) is 4.63.